The Bertz CT molecular complexity index is 54.9. The number of ether oxygens (including phenoxy) is 1. The van der Waals surface area contributed by atoms with E-state index < -0.39 is 6.29 Å². The lowest BCUT2D eigenvalue weighted by atomic mass is 10.0. The number of aliphatic hydroxyl groups is 1. The van der Waals surface area contributed by atoms with Crippen LogP contribution in [0.5, 0.6) is 0 Å². The number of hydrogen-bond donors (Lipinski definition) is 1. The van der Waals surface area contributed by atoms with E-state index >= 15 is 0 Å². The van der Waals surface area contributed by atoms with Crippen LogP contribution in [0.15, 0.2) is 0 Å². The normalized spacial score (nSPS) is 39.8. The van der Waals surface area contributed by atoms with Gasteiger partial charge in [-0.25, -0.2) is 0 Å². The summed E-state index contributed by atoms with van der Waals surface area (Å²) in [6.45, 7) is 2.85. The smallest absolute Gasteiger partial charge is 0.154 e. The molecule has 0 aliphatic carbocycles. The van der Waals surface area contributed by atoms with Crippen LogP contribution in [0.25, 0.3) is 0 Å². The molecule has 2 heteroatoms. The Balaban J connectivity index is 2.19. The quantitative estimate of drug-likeness (QED) is 0.506. The predicted molar refractivity (Wildman–Crippen MR) is 30.4 cm³/mol. The van der Waals surface area contributed by atoms with Gasteiger partial charge in [-0.05, 0) is 18.8 Å². The van der Waals surface area contributed by atoms with Crippen molar-refractivity contribution in [3.05, 3.63) is 0 Å². The van der Waals surface area contributed by atoms with E-state index in [1.807, 2.05) is 0 Å². The molecule has 0 aromatic heterocycles. The fourth-order valence-corrected chi connectivity index (χ4v) is 0.869. The first-order valence-electron chi connectivity index (χ1n) is 3.08. The maximum Gasteiger partial charge on any atom is 0.154 e. The average molecular weight is 116 g/mol. The molecule has 48 valence electrons. The van der Waals surface area contributed by atoms with E-state index in [2.05, 4.69) is 6.92 Å². The Hall–Kier alpha value is -0.0800. The highest BCUT2D eigenvalue weighted by Gasteiger charge is 2.14. The predicted octanol–water partition coefficient (Wildman–Crippen LogP) is 0.751. The molecule has 0 aromatic carbocycles. The number of hydrogen-bond acceptors (Lipinski definition) is 2. The van der Waals surface area contributed by atoms with Crippen molar-refractivity contribution in [2.75, 3.05) is 6.61 Å². The molecule has 0 saturated carbocycles. The third-order valence-electron chi connectivity index (χ3n) is 1.48. The van der Waals surface area contributed by atoms with E-state index in [9.17, 15) is 0 Å². The largest absolute Gasteiger partial charge is 0.368 e. The minimum absolute atomic E-state index is 0.480. The summed E-state index contributed by atoms with van der Waals surface area (Å²) < 4.78 is 4.95. The van der Waals surface area contributed by atoms with Gasteiger partial charge in [0.1, 0.15) is 0 Å². The zero-order valence-electron chi connectivity index (χ0n) is 5.13. The standard InChI is InChI=1S/C6H12O2/c1-5-2-3-6(7)8-4-5/h5-7H,2-4H2,1H3/t5-,6?/m0/s1. The average Bonchev–Trinajstić information content (AvgIpc) is 1.77. The van der Waals surface area contributed by atoms with Gasteiger partial charge in [-0.1, -0.05) is 6.92 Å². The van der Waals surface area contributed by atoms with Crippen LogP contribution in [-0.2, 0) is 4.74 Å². The molecule has 0 bridgehead atoms. The van der Waals surface area contributed by atoms with Crippen molar-refractivity contribution >= 4 is 0 Å². The molecule has 2 atom stereocenters. The first-order valence-corrected chi connectivity index (χ1v) is 3.08. The molecule has 1 fully saturated rings. The van der Waals surface area contributed by atoms with Gasteiger partial charge in [0.05, 0.1) is 6.61 Å². The Morgan fingerprint density at radius 3 is 2.62 bits per heavy atom. The highest BCUT2D eigenvalue weighted by atomic mass is 16.6. The van der Waals surface area contributed by atoms with E-state index in [1.54, 1.807) is 0 Å². The van der Waals surface area contributed by atoms with Crippen LogP contribution in [0.1, 0.15) is 19.8 Å². The maximum atomic E-state index is 8.80. The van der Waals surface area contributed by atoms with Crippen LogP contribution >= 0.6 is 0 Å². The van der Waals surface area contributed by atoms with Crippen LogP contribution in [0.4, 0.5) is 0 Å². The van der Waals surface area contributed by atoms with Gasteiger partial charge in [0, 0.05) is 0 Å². The molecule has 1 aliphatic heterocycles. The van der Waals surface area contributed by atoms with Crippen molar-refractivity contribution in [1.29, 1.82) is 0 Å². The fraction of sp³-hybridized carbons (Fsp3) is 1.00. The van der Waals surface area contributed by atoms with Crippen molar-refractivity contribution in [2.24, 2.45) is 5.92 Å². The Kier molecular flexibility index (Phi) is 1.86. The molecule has 2 nitrogen and oxygen atoms in total. The molecule has 0 amide bonds. The Morgan fingerprint density at radius 1 is 1.50 bits per heavy atom. The van der Waals surface area contributed by atoms with Crippen LogP contribution < -0.4 is 0 Å². The summed E-state index contributed by atoms with van der Waals surface area (Å²) in [5.41, 5.74) is 0. The zero-order valence-corrected chi connectivity index (χ0v) is 5.13. The molecule has 1 saturated heterocycles. The van der Waals surface area contributed by atoms with Gasteiger partial charge in [-0.15, -0.1) is 0 Å². The maximum absolute atomic E-state index is 8.80. The van der Waals surface area contributed by atoms with Gasteiger partial charge in [-0.3, -0.25) is 0 Å². The Labute approximate surface area is 49.5 Å². The SMILES string of the molecule is C[C@H]1CCC(O)OC1. The first kappa shape index (κ1) is 6.05. The molecule has 0 aromatic rings. The van der Waals surface area contributed by atoms with Crippen molar-refractivity contribution < 1.29 is 9.84 Å². The summed E-state index contributed by atoms with van der Waals surface area (Å²) in [6.07, 6.45) is 1.42. The molecule has 1 N–H and O–H groups in total. The van der Waals surface area contributed by atoms with Gasteiger partial charge < -0.3 is 9.84 Å². The summed E-state index contributed by atoms with van der Waals surface area (Å²) in [5.74, 6) is 0.637. The molecule has 0 spiro atoms. The third kappa shape index (κ3) is 1.46. The van der Waals surface area contributed by atoms with Crippen LogP contribution in [0.2, 0.25) is 0 Å². The van der Waals surface area contributed by atoms with Crippen molar-refractivity contribution in [2.45, 2.75) is 26.1 Å². The van der Waals surface area contributed by atoms with Crippen molar-refractivity contribution in [1.82, 2.24) is 0 Å². The summed E-state index contributed by atoms with van der Waals surface area (Å²) >= 11 is 0. The highest BCUT2D eigenvalue weighted by Crippen LogP contribution is 2.15. The monoisotopic (exact) mass is 116 g/mol. The highest BCUT2D eigenvalue weighted by molar-refractivity contribution is 4.58. The summed E-state index contributed by atoms with van der Waals surface area (Å²) in [6, 6.07) is 0. The summed E-state index contributed by atoms with van der Waals surface area (Å²) in [7, 11) is 0. The molecule has 1 aliphatic rings. The zero-order chi connectivity index (χ0) is 5.98. The van der Waals surface area contributed by atoms with Crippen LogP contribution in [0, 0.1) is 5.92 Å². The molecule has 0 radical (unpaired) electrons. The second kappa shape index (κ2) is 2.46. The van der Waals surface area contributed by atoms with Gasteiger partial charge in [-0.2, -0.15) is 0 Å². The second-order valence-electron chi connectivity index (χ2n) is 2.47. The van der Waals surface area contributed by atoms with E-state index in [-0.39, 0.29) is 0 Å². The molecule has 1 unspecified atom stereocenters. The fourth-order valence-electron chi connectivity index (χ4n) is 0.869. The van der Waals surface area contributed by atoms with Gasteiger partial charge in [0.2, 0.25) is 0 Å². The second-order valence-corrected chi connectivity index (χ2v) is 2.47. The topological polar surface area (TPSA) is 29.5 Å². The lowest BCUT2D eigenvalue weighted by Gasteiger charge is -2.22. The number of rotatable bonds is 0. The number of aliphatic hydroxyl groups excluding tert-OH is 1. The lowest BCUT2D eigenvalue weighted by molar-refractivity contribution is -0.137. The van der Waals surface area contributed by atoms with Crippen LogP contribution in [-0.4, -0.2) is 18.0 Å². The van der Waals surface area contributed by atoms with E-state index in [0.29, 0.717) is 5.92 Å². The van der Waals surface area contributed by atoms with Crippen molar-refractivity contribution in [3.63, 3.8) is 0 Å². The van der Waals surface area contributed by atoms with Gasteiger partial charge >= 0.3 is 0 Å². The van der Waals surface area contributed by atoms with E-state index in [0.717, 1.165) is 19.4 Å². The van der Waals surface area contributed by atoms with Gasteiger partial charge in [0.15, 0.2) is 6.29 Å². The molecular formula is C6H12O2. The molecule has 1 rings (SSSR count). The van der Waals surface area contributed by atoms with E-state index in [1.165, 1.54) is 0 Å². The third-order valence-corrected chi connectivity index (χ3v) is 1.48. The van der Waals surface area contributed by atoms with Crippen molar-refractivity contribution in [3.8, 4) is 0 Å². The lowest BCUT2D eigenvalue weighted by Crippen LogP contribution is -2.23. The van der Waals surface area contributed by atoms with Gasteiger partial charge in [0.25, 0.3) is 0 Å². The Morgan fingerprint density at radius 2 is 2.25 bits per heavy atom. The minimum atomic E-state index is -0.480. The molecule has 8 heavy (non-hydrogen) atoms. The van der Waals surface area contributed by atoms with E-state index in [4.69, 9.17) is 9.84 Å². The molecular weight excluding hydrogens is 104 g/mol. The van der Waals surface area contributed by atoms with Crippen LogP contribution in [0.3, 0.4) is 0 Å². The summed E-state index contributed by atoms with van der Waals surface area (Å²) in [4.78, 5) is 0. The first-order chi connectivity index (χ1) is 3.79. The minimum Gasteiger partial charge on any atom is -0.368 e. The molecule has 1 heterocycles. The summed E-state index contributed by atoms with van der Waals surface area (Å²) in [5, 5.41) is 8.80.